The quantitative estimate of drug-likeness (QED) is 0.422. The first-order chi connectivity index (χ1) is 12.9. The highest BCUT2D eigenvalue weighted by molar-refractivity contribution is 9.10. The Morgan fingerprint density at radius 1 is 1.15 bits per heavy atom. The van der Waals surface area contributed by atoms with Crippen LogP contribution in [0.2, 0.25) is 5.02 Å². The molecule has 1 amide bonds. The summed E-state index contributed by atoms with van der Waals surface area (Å²) in [5.74, 6) is -1.60. The number of rotatable bonds is 5. The molecule has 3 rings (SSSR count). The summed E-state index contributed by atoms with van der Waals surface area (Å²) in [6, 6.07) is 13.0. The van der Waals surface area contributed by atoms with E-state index in [0.29, 0.717) is 10.6 Å². The van der Waals surface area contributed by atoms with Gasteiger partial charge >= 0.3 is 0 Å². The molecule has 1 fully saturated rings. The van der Waals surface area contributed by atoms with Crippen LogP contribution < -0.4 is 0 Å². The second-order valence-corrected chi connectivity index (χ2v) is 7.40. The molecule has 0 spiro atoms. The molecule has 5 nitrogen and oxygen atoms in total. The Bertz CT molecular complexity index is 893. The van der Waals surface area contributed by atoms with E-state index in [-0.39, 0.29) is 24.5 Å². The second kappa shape index (κ2) is 8.25. The lowest BCUT2D eigenvalue weighted by atomic mass is 9.95. The molecule has 2 aromatic carbocycles. The van der Waals surface area contributed by atoms with Crippen molar-refractivity contribution >= 4 is 45.0 Å². The number of amides is 1. The van der Waals surface area contributed by atoms with Gasteiger partial charge in [0.15, 0.2) is 0 Å². The Labute approximate surface area is 170 Å². The van der Waals surface area contributed by atoms with Gasteiger partial charge in [0.25, 0.3) is 11.7 Å². The molecule has 0 unspecified atom stereocenters. The predicted molar refractivity (Wildman–Crippen MR) is 106 cm³/mol. The molecule has 1 aliphatic heterocycles. The van der Waals surface area contributed by atoms with Gasteiger partial charge in [-0.15, -0.1) is 0 Å². The SMILES string of the molecule is COCCN1C(=O)C(=O)/C(=C(/O)c2ccc(Cl)cc2)[C@H]1c1ccc(Br)cc1. The average Bonchev–Trinajstić information content (AvgIpc) is 2.91. The topological polar surface area (TPSA) is 66.8 Å². The van der Waals surface area contributed by atoms with Gasteiger partial charge in [-0.1, -0.05) is 39.7 Å². The Balaban J connectivity index is 2.14. The van der Waals surface area contributed by atoms with Crippen molar-refractivity contribution in [2.75, 3.05) is 20.3 Å². The number of aliphatic hydroxyl groups excluding tert-OH is 1. The standard InChI is InChI=1S/C20H17BrClNO4/c1-27-11-10-23-17(12-2-6-14(21)7-3-12)16(19(25)20(23)26)18(24)13-4-8-15(22)9-5-13/h2-9,17,24H,10-11H2,1H3/b18-16+/t17-/m1/s1. The highest BCUT2D eigenvalue weighted by Crippen LogP contribution is 2.39. The number of hydrogen-bond acceptors (Lipinski definition) is 4. The van der Waals surface area contributed by atoms with Crippen molar-refractivity contribution < 1.29 is 19.4 Å². The zero-order valence-corrected chi connectivity index (χ0v) is 16.8. The van der Waals surface area contributed by atoms with Crippen LogP contribution in [0, 0.1) is 0 Å². The number of likely N-dealkylation sites (tertiary alicyclic amines) is 1. The molecule has 1 saturated heterocycles. The van der Waals surface area contributed by atoms with E-state index in [1.807, 2.05) is 24.3 Å². The molecule has 140 valence electrons. The first-order valence-corrected chi connectivity index (χ1v) is 9.40. The van der Waals surface area contributed by atoms with Gasteiger partial charge in [0.05, 0.1) is 18.2 Å². The van der Waals surface area contributed by atoms with E-state index in [9.17, 15) is 14.7 Å². The fraction of sp³-hybridized carbons (Fsp3) is 0.200. The number of ether oxygens (including phenoxy) is 1. The second-order valence-electron chi connectivity index (χ2n) is 6.04. The number of benzene rings is 2. The average molecular weight is 451 g/mol. The normalized spacial score (nSPS) is 18.9. The van der Waals surface area contributed by atoms with E-state index in [1.165, 1.54) is 12.0 Å². The number of carbonyl (C=O) groups is 2. The van der Waals surface area contributed by atoms with E-state index in [1.54, 1.807) is 24.3 Å². The van der Waals surface area contributed by atoms with Crippen LogP contribution in [0.15, 0.2) is 58.6 Å². The molecular formula is C20H17BrClNO4. The number of ketones is 1. The Kier molecular flexibility index (Phi) is 5.99. The fourth-order valence-corrected chi connectivity index (χ4v) is 3.45. The summed E-state index contributed by atoms with van der Waals surface area (Å²) in [4.78, 5) is 26.8. The largest absolute Gasteiger partial charge is 0.507 e. The number of carbonyl (C=O) groups excluding carboxylic acids is 2. The van der Waals surface area contributed by atoms with Crippen LogP contribution in [0.25, 0.3) is 5.76 Å². The van der Waals surface area contributed by atoms with E-state index in [2.05, 4.69) is 15.9 Å². The zero-order chi connectivity index (χ0) is 19.6. The molecule has 0 saturated carbocycles. The summed E-state index contributed by atoms with van der Waals surface area (Å²) in [6.45, 7) is 0.514. The molecule has 0 aliphatic carbocycles. The van der Waals surface area contributed by atoms with E-state index in [4.69, 9.17) is 16.3 Å². The molecule has 2 aromatic rings. The van der Waals surface area contributed by atoms with Gasteiger partial charge in [-0.2, -0.15) is 0 Å². The number of halogens is 2. The number of aliphatic hydroxyl groups is 1. The molecule has 27 heavy (non-hydrogen) atoms. The van der Waals surface area contributed by atoms with E-state index >= 15 is 0 Å². The zero-order valence-electron chi connectivity index (χ0n) is 14.5. The lowest BCUT2D eigenvalue weighted by molar-refractivity contribution is -0.140. The molecule has 1 heterocycles. The maximum absolute atomic E-state index is 12.7. The van der Waals surface area contributed by atoms with Crippen molar-refractivity contribution in [2.24, 2.45) is 0 Å². The van der Waals surface area contributed by atoms with Crippen LogP contribution in [0.3, 0.4) is 0 Å². The summed E-state index contributed by atoms with van der Waals surface area (Å²) >= 11 is 9.28. The minimum atomic E-state index is -0.716. The Morgan fingerprint density at radius 3 is 2.37 bits per heavy atom. The van der Waals surface area contributed by atoms with Crippen LogP contribution in [-0.4, -0.2) is 42.0 Å². The van der Waals surface area contributed by atoms with Gasteiger partial charge in [0.2, 0.25) is 0 Å². The van der Waals surface area contributed by atoms with Crippen LogP contribution in [-0.2, 0) is 14.3 Å². The minimum Gasteiger partial charge on any atom is -0.507 e. The number of nitrogens with zero attached hydrogens (tertiary/aromatic N) is 1. The molecule has 1 aliphatic rings. The van der Waals surface area contributed by atoms with Crippen LogP contribution >= 0.6 is 27.5 Å². The van der Waals surface area contributed by atoms with Crippen molar-refractivity contribution in [1.29, 1.82) is 0 Å². The van der Waals surface area contributed by atoms with Crippen molar-refractivity contribution in [3.63, 3.8) is 0 Å². The number of methoxy groups -OCH3 is 1. The smallest absolute Gasteiger partial charge is 0.295 e. The molecule has 0 radical (unpaired) electrons. The molecule has 7 heteroatoms. The fourth-order valence-electron chi connectivity index (χ4n) is 3.06. The summed E-state index contributed by atoms with van der Waals surface area (Å²) in [5, 5.41) is 11.3. The summed E-state index contributed by atoms with van der Waals surface area (Å²) in [5.41, 5.74) is 1.20. The minimum absolute atomic E-state index is 0.0562. The Hall–Kier alpha value is -2.15. The summed E-state index contributed by atoms with van der Waals surface area (Å²) in [6.07, 6.45) is 0. The van der Waals surface area contributed by atoms with Crippen LogP contribution in [0.4, 0.5) is 0 Å². The number of Topliss-reactive ketones (excluding diaryl/α,β-unsaturated/α-hetero) is 1. The first kappa shape index (κ1) is 19.6. The third-order valence-corrected chi connectivity index (χ3v) is 5.16. The van der Waals surface area contributed by atoms with Crippen LogP contribution in [0.5, 0.6) is 0 Å². The van der Waals surface area contributed by atoms with Gasteiger partial charge < -0.3 is 14.7 Å². The molecule has 1 N–H and O–H groups in total. The van der Waals surface area contributed by atoms with Gasteiger partial charge in [-0.3, -0.25) is 9.59 Å². The monoisotopic (exact) mass is 449 g/mol. The van der Waals surface area contributed by atoms with Gasteiger partial charge in [-0.05, 0) is 42.0 Å². The first-order valence-electron chi connectivity index (χ1n) is 8.22. The highest BCUT2D eigenvalue weighted by atomic mass is 79.9. The van der Waals surface area contributed by atoms with Crippen LogP contribution in [0.1, 0.15) is 17.2 Å². The third-order valence-electron chi connectivity index (χ3n) is 4.38. The predicted octanol–water partition coefficient (Wildman–Crippen LogP) is 4.17. The molecule has 1 atom stereocenters. The lowest BCUT2D eigenvalue weighted by Crippen LogP contribution is -2.32. The van der Waals surface area contributed by atoms with Gasteiger partial charge in [0, 0.05) is 28.7 Å². The maximum atomic E-state index is 12.7. The molecular weight excluding hydrogens is 434 g/mol. The maximum Gasteiger partial charge on any atom is 0.295 e. The van der Waals surface area contributed by atoms with E-state index < -0.39 is 17.7 Å². The summed E-state index contributed by atoms with van der Waals surface area (Å²) in [7, 11) is 1.53. The molecule has 0 aromatic heterocycles. The van der Waals surface area contributed by atoms with E-state index in [0.717, 1.165) is 10.0 Å². The molecule has 0 bridgehead atoms. The summed E-state index contributed by atoms with van der Waals surface area (Å²) < 4.78 is 5.95. The van der Waals surface area contributed by atoms with Gasteiger partial charge in [-0.25, -0.2) is 0 Å². The Morgan fingerprint density at radius 2 is 1.78 bits per heavy atom. The lowest BCUT2D eigenvalue weighted by Gasteiger charge is -2.25. The third kappa shape index (κ3) is 3.93. The number of hydrogen-bond donors (Lipinski definition) is 1. The van der Waals surface area contributed by atoms with Crippen molar-refractivity contribution in [3.8, 4) is 0 Å². The van der Waals surface area contributed by atoms with Crippen molar-refractivity contribution in [2.45, 2.75) is 6.04 Å². The van der Waals surface area contributed by atoms with Gasteiger partial charge in [0.1, 0.15) is 5.76 Å². The van der Waals surface area contributed by atoms with Crippen molar-refractivity contribution in [3.05, 3.63) is 74.7 Å². The van der Waals surface area contributed by atoms with Crippen molar-refractivity contribution in [1.82, 2.24) is 4.90 Å². The highest BCUT2D eigenvalue weighted by Gasteiger charge is 2.45.